The Balaban J connectivity index is 2.46. The molecular weight excluding hydrogens is 194 g/mol. The van der Waals surface area contributed by atoms with E-state index in [1.807, 2.05) is 0 Å². The van der Waals surface area contributed by atoms with Crippen molar-refractivity contribution in [1.29, 1.82) is 0 Å². The maximum Gasteiger partial charge on any atom is 0.333 e. The third-order valence-corrected chi connectivity index (χ3v) is 1.36. The van der Waals surface area contributed by atoms with Gasteiger partial charge in [0, 0.05) is 7.05 Å². The zero-order valence-corrected chi connectivity index (χ0v) is 7.59. The van der Waals surface area contributed by atoms with E-state index < -0.39 is 0 Å². The molecule has 0 bridgehead atoms. The SMILES string of the molecule is CNC(=O)NNc1ccc(Cl)nn1. The third-order valence-electron chi connectivity index (χ3n) is 1.16. The first-order valence-corrected chi connectivity index (χ1v) is 3.83. The molecule has 7 heteroatoms. The number of hydrazine groups is 1. The molecule has 0 radical (unpaired) electrons. The molecule has 0 saturated heterocycles. The van der Waals surface area contributed by atoms with Crippen LogP contribution in [0.3, 0.4) is 0 Å². The molecule has 70 valence electrons. The number of carbonyl (C=O) groups excluding carboxylic acids is 1. The Labute approximate surface area is 79.7 Å². The van der Waals surface area contributed by atoms with Gasteiger partial charge in [0.25, 0.3) is 0 Å². The summed E-state index contributed by atoms with van der Waals surface area (Å²) < 4.78 is 0. The van der Waals surface area contributed by atoms with Gasteiger partial charge in [-0.15, -0.1) is 10.2 Å². The van der Waals surface area contributed by atoms with Gasteiger partial charge in [-0.3, -0.25) is 10.9 Å². The van der Waals surface area contributed by atoms with Crippen molar-refractivity contribution in [1.82, 2.24) is 20.9 Å². The van der Waals surface area contributed by atoms with Crippen LogP contribution in [0.15, 0.2) is 12.1 Å². The highest BCUT2D eigenvalue weighted by atomic mass is 35.5. The van der Waals surface area contributed by atoms with Gasteiger partial charge in [-0.05, 0) is 12.1 Å². The van der Waals surface area contributed by atoms with Crippen LogP contribution in [0.2, 0.25) is 5.15 Å². The van der Waals surface area contributed by atoms with Gasteiger partial charge in [0.2, 0.25) is 0 Å². The topological polar surface area (TPSA) is 78.9 Å². The first kappa shape index (κ1) is 9.53. The second-order valence-electron chi connectivity index (χ2n) is 2.07. The van der Waals surface area contributed by atoms with Crippen LogP contribution in [0, 0.1) is 0 Å². The van der Waals surface area contributed by atoms with Gasteiger partial charge in [-0.2, -0.15) is 0 Å². The van der Waals surface area contributed by atoms with Crippen LogP contribution in [0.5, 0.6) is 0 Å². The molecule has 1 aromatic heterocycles. The summed E-state index contributed by atoms with van der Waals surface area (Å²) in [4.78, 5) is 10.7. The summed E-state index contributed by atoms with van der Waals surface area (Å²) in [6.45, 7) is 0. The van der Waals surface area contributed by atoms with Crippen molar-refractivity contribution in [2.24, 2.45) is 0 Å². The van der Waals surface area contributed by atoms with Crippen LogP contribution in [-0.2, 0) is 0 Å². The van der Waals surface area contributed by atoms with Gasteiger partial charge < -0.3 is 5.32 Å². The number of rotatable bonds is 2. The normalized spacial score (nSPS) is 9.08. The molecule has 3 N–H and O–H groups in total. The van der Waals surface area contributed by atoms with Crippen molar-refractivity contribution < 1.29 is 4.79 Å². The average Bonchev–Trinajstić information content (AvgIpc) is 2.16. The Morgan fingerprint density at radius 2 is 2.23 bits per heavy atom. The lowest BCUT2D eigenvalue weighted by Crippen LogP contribution is -2.37. The number of aromatic nitrogens is 2. The average molecular weight is 202 g/mol. The molecule has 0 aliphatic rings. The summed E-state index contributed by atoms with van der Waals surface area (Å²) in [6.07, 6.45) is 0. The van der Waals surface area contributed by atoms with Crippen molar-refractivity contribution in [2.75, 3.05) is 12.5 Å². The molecule has 0 aliphatic heterocycles. The number of carbonyl (C=O) groups is 1. The molecule has 0 atom stereocenters. The van der Waals surface area contributed by atoms with E-state index in [0.717, 1.165) is 0 Å². The number of hydrogen-bond donors (Lipinski definition) is 3. The molecule has 6 nitrogen and oxygen atoms in total. The molecule has 2 amide bonds. The maximum absolute atomic E-state index is 10.7. The van der Waals surface area contributed by atoms with Crippen LogP contribution in [-0.4, -0.2) is 23.3 Å². The summed E-state index contributed by atoms with van der Waals surface area (Å²) in [7, 11) is 1.50. The molecule has 0 unspecified atom stereocenters. The third kappa shape index (κ3) is 3.12. The van der Waals surface area contributed by atoms with E-state index >= 15 is 0 Å². The van der Waals surface area contributed by atoms with Crippen LogP contribution in [0.1, 0.15) is 0 Å². The molecule has 1 aromatic rings. The van der Waals surface area contributed by atoms with Gasteiger partial charge >= 0.3 is 6.03 Å². The summed E-state index contributed by atoms with van der Waals surface area (Å²) in [5.74, 6) is 0.410. The summed E-state index contributed by atoms with van der Waals surface area (Å²) in [5, 5.41) is 9.87. The number of nitrogens with one attached hydrogen (secondary N) is 3. The fraction of sp³-hybridized carbons (Fsp3) is 0.167. The monoisotopic (exact) mass is 201 g/mol. The van der Waals surface area contributed by atoms with Gasteiger partial charge in [0.05, 0.1) is 0 Å². The lowest BCUT2D eigenvalue weighted by atomic mass is 10.5. The molecular formula is C6H8ClN5O. The second kappa shape index (κ2) is 4.46. The molecule has 1 heterocycles. The Bertz CT molecular complexity index is 288. The molecule has 0 aliphatic carbocycles. The van der Waals surface area contributed by atoms with Crippen LogP contribution >= 0.6 is 11.6 Å². The van der Waals surface area contributed by atoms with Crippen LogP contribution < -0.4 is 16.2 Å². The van der Waals surface area contributed by atoms with Crippen molar-refractivity contribution >= 4 is 23.4 Å². The Hall–Kier alpha value is -1.56. The fourth-order valence-corrected chi connectivity index (χ4v) is 0.667. The quantitative estimate of drug-likeness (QED) is 0.605. The number of halogens is 1. The number of nitrogens with zero attached hydrogens (tertiary/aromatic N) is 2. The number of anilines is 1. The Morgan fingerprint density at radius 1 is 1.46 bits per heavy atom. The van der Waals surface area contributed by atoms with Crippen molar-refractivity contribution in [3.63, 3.8) is 0 Å². The lowest BCUT2D eigenvalue weighted by Gasteiger charge is -2.05. The summed E-state index contributed by atoms with van der Waals surface area (Å²) in [6, 6.07) is 2.78. The van der Waals surface area contributed by atoms with Crippen LogP contribution in [0.4, 0.5) is 10.6 Å². The number of urea groups is 1. The molecule has 13 heavy (non-hydrogen) atoms. The minimum absolute atomic E-state index is 0.297. The van der Waals surface area contributed by atoms with Crippen molar-refractivity contribution in [3.05, 3.63) is 17.3 Å². The lowest BCUT2D eigenvalue weighted by molar-refractivity contribution is 0.244. The zero-order chi connectivity index (χ0) is 9.68. The number of hydrogen-bond acceptors (Lipinski definition) is 4. The minimum Gasteiger partial charge on any atom is -0.340 e. The molecule has 0 saturated carbocycles. The van der Waals surface area contributed by atoms with Crippen molar-refractivity contribution in [3.8, 4) is 0 Å². The van der Waals surface area contributed by atoms with Gasteiger partial charge in [-0.1, -0.05) is 11.6 Å². The molecule has 0 fully saturated rings. The van der Waals surface area contributed by atoms with Crippen LogP contribution in [0.25, 0.3) is 0 Å². The maximum atomic E-state index is 10.7. The van der Waals surface area contributed by atoms with E-state index in [0.29, 0.717) is 11.0 Å². The minimum atomic E-state index is -0.364. The molecule has 0 spiro atoms. The standard InChI is InChI=1S/C6H8ClN5O/c1-8-6(13)12-11-5-3-2-4(7)9-10-5/h2-3H,1H3,(H,10,11)(H2,8,12,13). The highest BCUT2D eigenvalue weighted by molar-refractivity contribution is 6.29. The van der Waals surface area contributed by atoms with Gasteiger partial charge in [0.1, 0.15) is 0 Å². The number of amides is 2. The highest BCUT2D eigenvalue weighted by Crippen LogP contribution is 2.04. The van der Waals surface area contributed by atoms with E-state index in [-0.39, 0.29) is 6.03 Å². The predicted octanol–water partition coefficient (Wildman–Crippen LogP) is 0.386. The summed E-state index contributed by atoms with van der Waals surface area (Å²) >= 11 is 5.50. The van der Waals surface area contributed by atoms with E-state index in [4.69, 9.17) is 11.6 Å². The van der Waals surface area contributed by atoms with Crippen molar-refractivity contribution in [2.45, 2.75) is 0 Å². The van der Waals surface area contributed by atoms with E-state index in [1.54, 1.807) is 12.1 Å². The smallest absolute Gasteiger partial charge is 0.333 e. The first-order valence-electron chi connectivity index (χ1n) is 3.45. The highest BCUT2D eigenvalue weighted by Gasteiger charge is 1.96. The van der Waals surface area contributed by atoms with E-state index in [1.165, 1.54) is 7.05 Å². The summed E-state index contributed by atoms with van der Waals surface area (Å²) in [5.41, 5.74) is 4.85. The zero-order valence-electron chi connectivity index (χ0n) is 6.84. The van der Waals surface area contributed by atoms with Gasteiger partial charge in [-0.25, -0.2) is 4.79 Å². The predicted molar refractivity (Wildman–Crippen MR) is 48.3 cm³/mol. The fourth-order valence-electron chi connectivity index (χ4n) is 0.566. The molecule has 0 aromatic carbocycles. The molecule has 1 rings (SSSR count). The van der Waals surface area contributed by atoms with Gasteiger partial charge in [0.15, 0.2) is 11.0 Å². The largest absolute Gasteiger partial charge is 0.340 e. The Morgan fingerprint density at radius 3 is 2.77 bits per heavy atom. The second-order valence-corrected chi connectivity index (χ2v) is 2.46. The van der Waals surface area contributed by atoms with E-state index in [9.17, 15) is 4.79 Å². The van der Waals surface area contributed by atoms with E-state index in [2.05, 4.69) is 26.4 Å². The first-order chi connectivity index (χ1) is 6.22. The Kier molecular flexibility index (Phi) is 3.27.